The van der Waals surface area contributed by atoms with E-state index in [0.29, 0.717) is 127 Å². The van der Waals surface area contributed by atoms with Gasteiger partial charge >= 0.3 is 0 Å². The number of nitrogens with one attached hydrogen (secondary N) is 5. The number of aliphatic imine (C=N–C) groups is 4. The first-order valence-corrected chi connectivity index (χ1v) is 23.5. The van der Waals surface area contributed by atoms with E-state index in [1.165, 1.54) is 0 Å². The van der Waals surface area contributed by atoms with Crippen molar-refractivity contribution in [3.63, 3.8) is 0 Å². The summed E-state index contributed by atoms with van der Waals surface area (Å²) >= 11 is 0. The number of hydrogen-bond donors (Lipinski definition) is 5. The number of fused-ring (bicyclic) bond motifs is 16. The highest BCUT2D eigenvalue weighted by Crippen LogP contribution is 2.50. The molecule has 0 spiro atoms. The Kier molecular flexibility index (Phi) is 13.3. The average molecular weight is 966 g/mol. The summed E-state index contributed by atoms with van der Waals surface area (Å²) in [5, 5.41) is 12.6. The van der Waals surface area contributed by atoms with E-state index in [9.17, 15) is 0 Å². The lowest BCUT2D eigenvalue weighted by Crippen LogP contribution is -2.60. The molecule has 21 nitrogen and oxygen atoms in total. The quantitative estimate of drug-likeness (QED) is 0.116. The molecule has 5 aliphatic heterocycles. The molecule has 374 valence electrons. The molecular weight excluding hydrogens is 903 g/mol. The number of nitrogens with zero attached hydrogens (tertiary/aromatic N) is 6. The smallest absolute Gasteiger partial charge is 0.247 e. The van der Waals surface area contributed by atoms with Gasteiger partial charge in [0, 0.05) is 60.7 Å². The molecule has 0 saturated carbocycles. The predicted octanol–water partition coefficient (Wildman–Crippen LogP) is 3.00. The van der Waals surface area contributed by atoms with Crippen LogP contribution in [0.3, 0.4) is 0 Å². The SMILES string of the molecule is CNCCOc1ccc(OCCNC)c2c1C1=NC2=NC2=C3OC(C)(C)[C@](C)(OC)OC3=C(C2)N=C2N=C(N=c3[nH]c(c4c3O[C@@](C)(OC)C(C)(C)O4)=N1)c1c(OCCNC)ccc(OCCNC)c12. The van der Waals surface area contributed by atoms with Crippen LogP contribution < -0.4 is 60.7 Å². The van der Waals surface area contributed by atoms with Crippen LogP contribution in [-0.2, 0) is 18.9 Å². The fraction of sp³-hybridized carbons (Fsp3) is 0.510. The van der Waals surface area contributed by atoms with Gasteiger partial charge in [-0.05, 0) is 80.2 Å². The van der Waals surface area contributed by atoms with Crippen LogP contribution in [0.5, 0.6) is 34.5 Å². The van der Waals surface area contributed by atoms with Crippen molar-refractivity contribution < 1.29 is 47.4 Å². The molecule has 6 aliphatic rings. The Labute approximate surface area is 406 Å². The first-order chi connectivity index (χ1) is 33.6. The largest absolute Gasteiger partial charge is 0.491 e. The van der Waals surface area contributed by atoms with Crippen molar-refractivity contribution in [2.75, 3.05) is 95.0 Å². The molecule has 1 aromatic heterocycles. The molecule has 5 N–H and O–H groups in total. The summed E-state index contributed by atoms with van der Waals surface area (Å²) in [4.78, 5) is 35.0. The number of aromatic amines is 1. The van der Waals surface area contributed by atoms with Gasteiger partial charge in [0.1, 0.15) is 49.4 Å². The minimum Gasteiger partial charge on any atom is -0.491 e. The van der Waals surface area contributed by atoms with Crippen molar-refractivity contribution in [3.8, 4) is 34.5 Å². The van der Waals surface area contributed by atoms with Crippen LogP contribution >= 0.6 is 0 Å². The molecule has 0 radical (unpaired) electrons. The highest BCUT2D eigenvalue weighted by atomic mass is 16.7. The van der Waals surface area contributed by atoms with Crippen molar-refractivity contribution >= 4 is 23.3 Å². The second kappa shape index (κ2) is 19.1. The molecule has 0 unspecified atom stereocenters. The van der Waals surface area contributed by atoms with Gasteiger partial charge in [-0.15, -0.1) is 0 Å². The van der Waals surface area contributed by atoms with E-state index in [0.717, 1.165) is 0 Å². The number of methoxy groups -OCH3 is 2. The number of rotatable bonds is 18. The van der Waals surface area contributed by atoms with Crippen LogP contribution in [0, 0.1) is 0 Å². The molecule has 1 aliphatic carbocycles. The number of hydrogen-bond acceptors (Lipinski definition) is 20. The van der Waals surface area contributed by atoms with Crippen LogP contribution in [0.4, 0.5) is 0 Å². The van der Waals surface area contributed by atoms with Gasteiger partial charge < -0.3 is 73.6 Å². The summed E-state index contributed by atoms with van der Waals surface area (Å²) in [7, 11) is 10.6. The van der Waals surface area contributed by atoms with Crippen LogP contribution in [0.25, 0.3) is 0 Å². The van der Waals surface area contributed by atoms with E-state index < -0.39 is 22.8 Å². The minimum absolute atomic E-state index is 0.142. The van der Waals surface area contributed by atoms with Gasteiger partial charge in [-0.2, -0.15) is 0 Å². The molecule has 21 heteroatoms. The zero-order chi connectivity index (χ0) is 49.6. The van der Waals surface area contributed by atoms with E-state index in [2.05, 4.69) is 26.3 Å². The second-order valence-corrected chi connectivity index (χ2v) is 18.3. The third kappa shape index (κ3) is 8.46. The molecule has 6 heterocycles. The van der Waals surface area contributed by atoms with Gasteiger partial charge in [0.25, 0.3) is 0 Å². The highest BCUT2D eigenvalue weighted by Gasteiger charge is 2.55. The third-order valence-corrected chi connectivity index (χ3v) is 13.1. The Morgan fingerprint density at radius 3 is 1.20 bits per heavy atom. The fourth-order valence-corrected chi connectivity index (χ4v) is 8.43. The zero-order valence-electron chi connectivity index (χ0n) is 41.9. The number of amidine groups is 4. The van der Waals surface area contributed by atoms with Crippen molar-refractivity contribution in [1.29, 1.82) is 0 Å². The Morgan fingerprint density at radius 1 is 0.471 bits per heavy atom. The van der Waals surface area contributed by atoms with E-state index in [-0.39, 0.29) is 46.4 Å². The third-order valence-electron chi connectivity index (χ3n) is 13.1. The number of benzene rings is 2. The molecule has 2 atom stereocenters. The standard InChI is InChI=1S/C49H63N11O10/c1-46(2)48(5,61-11)69-37-27-25-26(36(37)67-46)54-40-32-28(63-21-17-50-7)13-15-30(65-23-19-52-9)34(32)42(56-40)58-44-38-39(70-49(6,62-12)47(3,4)68-38)45(60-44)59-43-35-31(66-24-20-53-10)16-14-29(64-22-18-51-8)33(35)41(55-27)57-43/h13-16,50-53H,17-25H2,1-12H3,(H,54,55,56,57,58,59,60)/t48-,49-/m1/s1. The maximum atomic E-state index is 6.89. The summed E-state index contributed by atoms with van der Waals surface area (Å²) in [6, 6.07) is 7.42. The van der Waals surface area contributed by atoms with Crippen LogP contribution in [0.1, 0.15) is 70.2 Å². The lowest BCUT2D eigenvalue weighted by Gasteiger charge is -2.47. The number of H-pyrrole nitrogens is 1. The van der Waals surface area contributed by atoms with Gasteiger partial charge in [0.2, 0.25) is 23.1 Å². The van der Waals surface area contributed by atoms with Gasteiger partial charge in [0.15, 0.2) is 57.0 Å². The average Bonchev–Trinajstić information content (AvgIpc) is 4.06. The Morgan fingerprint density at radius 2 is 0.814 bits per heavy atom. The second-order valence-electron chi connectivity index (χ2n) is 18.3. The lowest BCUT2D eigenvalue weighted by atomic mass is 9.97. The number of ether oxygens (including phenoxy) is 10. The lowest BCUT2D eigenvalue weighted by molar-refractivity contribution is -0.301. The van der Waals surface area contributed by atoms with Crippen LogP contribution in [0.2, 0.25) is 0 Å². The molecule has 0 amide bonds. The highest BCUT2D eigenvalue weighted by molar-refractivity contribution is 6.26. The van der Waals surface area contributed by atoms with Gasteiger partial charge in [0.05, 0.1) is 33.6 Å². The summed E-state index contributed by atoms with van der Waals surface area (Å²) < 4.78 is 65.3. The van der Waals surface area contributed by atoms with Gasteiger partial charge in [-0.25, -0.2) is 30.0 Å². The minimum atomic E-state index is -1.28. The summed E-state index contributed by atoms with van der Waals surface area (Å²) in [6.45, 7) is 14.9. The Balaban J connectivity index is 1.38. The zero-order valence-corrected chi connectivity index (χ0v) is 41.9. The Hall–Kier alpha value is -6.36. The van der Waals surface area contributed by atoms with E-state index >= 15 is 0 Å². The van der Waals surface area contributed by atoms with E-state index in [4.69, 9.17) is 77.3 Å². The maximum Gasteiger partial charge on any atom is 0.247 e. The topological polar surface area (TPSA) is 230 Å². The summed E-state index contributed by atoms with van der Waals surface area (Å²) in [6.07, 6.45) is 0.142. The first kappa shape index (κ1) is 48.7. The van der Waals surface area contributed by atoms with Gasteiger partial charge in [-0.1, -0.05) is 0 Å². The molecule has 1 saturated heterocycles. The van der Waals surface area contributed by atoms with Crippen LogP contribution in [0.15, 0.2) is 77.1 Å². The maximum absolute atomic E-state index is 6.89. The predicted molar refractivity (Wildman–Crippen MR) is 261 cm³/mol. The molecular formula is C49H63N11O10. The number of aromatic nitrogens is 1. The van der Waals surface area contributed by atoms with E-state index in [1.54, 1.807) is 21.1 Å². The Bertz CT molecular complexity index is 2900. The summed E-state index contributed by atoms with van der Waals surface area (Å²) in [5.74, 6) is 1.80. The number of likely N-dealkylation sites (N-methyl/N-ethyl adjacent to an activating group) is 4. The van der Waals surface area contributed by atoms with Crippen molar-refractivity contribution in [3.05, 3.63) is 80.4 Å². The molecule has 70 heavy (non-hydrogen) atoms. The monoisotopic (exact) mass is 965 g/mol. The molecule has 8 bridgehead atoms. The molecule has 9 rings (SSSR count). The van der Waals surface area contributed by atoms with E-state index in [1.807, 2.05) is 87.1 Å². The molecule has 1 fully saturated rings. The molecule has 3 aromatic rings. The van der Waals surface area contributed by atoms with Crippen molar-refractivity contribution in [1.82, 2.24) is 26.3 Å². The van der Waals surface area contributed by atoms with Crippen LogP contribution in [-0.4, -0.2) is 146 Å². The first-order valence-electron chi connectivity index (χ1n) is 23.5. The fourth-order valence-electron chi connectivity index (χ4n) is 8.43. The molecule has 2 aromatic carbocycles. The van der Waals surface area contributed by atoms with Gasteiger partial charge in [-0.3, -0.25) is 0 Å². The summed E-state index contributed by atoms with van der Waals surface area (Å²) in [5.41, 5.74) is 1.61. The normalized spacial score (nSPS) is 22.0. The van der Waals surface area contributed by atoms with Crippen molar-refractivity contribution in [2.45, 2.75) is 70.7 Å². The van der Waals surface area contributed by atoms with Crippen molar-refractivity contribution in [2.24, 2.45) is 30.0 Å².